The van der Waals surface area contributed by atoms with Crippen LogP contribution in [-0.4, -0.2) is 64.7 Å². The minimum atomic E-state index is -4.46. The number of nitro groups is 1. The average molecular weight is 605 g/mol. The lowest BCUT2D eigenvalue weighted by molar-refractivity contribution is -0.384. The Morgan fingerprint density at radius 2 is 1.73 bits per heavy atom. The van der Waals surface area contributed by atoms with E-state index in [9.17, 15) is 42.4 Å². The second-order valence-electron chi connectivity index (χ2n) is 8.96. The predicted octanol–water partition coefficient (Wildman–Crippen LogP) is 3.19. The molecular formula is C26H22ClFN4O8S. The van der Waals surface area contributed by atoms with Gasteiger partial charge in [0.1, 0.15) is 5.82 Å². The molecule has 41 heavy (non-hydrogen) atoms. The third-order valence-corrected chi connectivity index (χ3v) is 8.43. The van der Waals surface area contributed by atoms with Crippen molar-refractivity contribution in [2.75, 3.05) is 13.1 Å². The van der Waals surface area contributed by atoms with Crippen LogP contribution < -0.4 is 5.32 Å². The van der Waals surface area contributed by atoms with Crippen molar-refractivity contribution in [1.82, 2.24) is 14.5 Å². The van der Waals surface area contributed by atoms with Crippen molar-refractivity contribution in [2.45, 2.75) is 23.5 Å². The summed E-state index contributed by atoms with van der Waals surface area (Å²) in [7, 11) is -4.46. The Hall–Kier alpha value is -4.40. The van der Waals surface area contributed by atoms with Crippen LogP contribution in [0.5, 0.6) is 0 Å². The molecular weight excluding hydrogens is 583 g/mol. The minimum Gasteiger partial charge on any atom is -0.481 e. The van der Waals surface area contributed by atoms with Crippen molar-refractivity contribution in [3.8, 4) is 0 Å². The number of non-ortho nitro benzene ring substituents is 1. The second-order valence-corrected chi connectivity index (χ2v) is 11.3. The first kappa shape index (κ1) is 29.6. The van der Waals surface area contributed by atoms with E-state index in [0.29, 0.717) is 5.02 Å². The Bertz CT molecular complexity index is 1600. The van der Waals surface area contributed by atoms with Crippen molar-refractivity contribution < 1.29 is 37.2 Å². The molecule has 4 rings (SSSR count). The number of hydrogen-bond donors (Lipinski definition) is 2. The van der Waals surface area contributed by atoms with Crippen molar-refractivity contribution >= 4 is 45.1 Å². The summed E-state index contributed by atoms with van der Waals surface area (Å²) in [6.07, 6.45) is -2.47. The number of nitrogens with one attached hydrogen (secondary N) is 1. The van der Waals surface area contributed by atoms with Gasteiger partial charge in [-0.25, -0.2) is 12.8 Å². The van der Waals surface area contributed by atoms with E-state index >= 15 is 0 Å². The van der Waals surface area contributed by atoms with Crippen molar-refractivity contribution in [1.29, 1.82) is 0 Å². The molecule has 2 unspecified atom stereocenters. The highest BCUT2D eigenvalue weighted by molar-refractivity contribution is 7.89. The Morgan fingerprint density at radius 3 is 2.34 bits per heavy atom. The summed E-state index contributed by atoms with van der Waals surface area (Å²) in [6, 6.07) is 13.2. The van der Waals surface area contributed by atoms with Gasteiger partial charge in [-0.15, -0.1) is 0 Å². The van der Waals surface area contributed by atoms with E-state index in [4.69, 9.17) is 11.6 Å². The van der Waals surface area contributed by atoms with Gasteiger partial charge < -0.3 is 15.3 Å². The van der Waals surface area contributed by atoms with Crippen LogP contribution in [0, 0.1) is 15.9 Å². The lowest BCUT2D eigenvalue weighted by atomic mass is 10.0. The molecule has 15 heteroatoms. The average Bonchev–Trinajstić information content (AvgIpc) is 3.39. The highest BCUT2D eigenvalue weighted by Gasteiger charge is 2.47. The molecule has 0 saturated carbocycles. The SMILES string of the molecule is O=C(O)CC(NC(=O)C1N(C(=O)c2ccc(Cl)cc2)CCN1S(=O)(=O)c1ccc(F)cc1)c1cccc([N+](=O)[O-])c1. The van der Waals surface area contributed by atoms with Crippen LogP contribution in [-0.2, 0) is 19.6 Å². The number of amides is 2. The molecule has 1 aliphatic heterocycles. The molecule has 0 radical (unpaired) electrons. The Balaban J connectivity index is 1.74. The number of carboxylic acid groups (broad SMARTS) is 1. The topological polar surface area (TPSA) is 167 Å². The number of nitrogens with zero attached hydrogens (tertiary/aromatic N) is 3. The highest BCUT2D eigenvalue weighted by atomic mass is 35.5. The van der Waals surface area contributed by atoms with Gasteiger partial charge in [0.25, 0.3) is 17.5 Å². The maximum absolute atomic E-state index is 13.8. The summed E-state index contributed by atoms with van der Waals surface area (Å²) in [5.41, 5.74) is -0.168. The smallest absolute Gasteiger partial charge is 0.305 e. The number of benzene rings is 3. The van der Waals surface area contributed by atoms with Gasteiger partial charge in [0.15, 0.2) is 6.17 Å². The summed E-state index contributed by atoms with van der Waals surface area (Å²) < 4.78 is 41.4. The third kappa shape index (κ3) is 6.51. The van der Waals surface area contributed by atoms with E-state index in [-0.39, 0.29) is 34.8 Å². The predicted molar refractivity (Wildman–Crippen MR) is 143 cm³/mol. The summed E-state index contributed by atoms with van der Waals surface area (Å²) in [5.74, 6) is -3.79. The number of hydrogen-bond acceptors (Lipinski definition) is 7. The van der Waals surface area contributed by atoms with Crippen LogP contribution in [0.15, 0.2) is 77.7 Å². The van der Waals surface area contributed by atoms with Gasteiger partial charge in [0, 0.05) is 35.8 Å². The lowest BCUT2D eigenvalue weighted by Gasteiger charge is -2.30. The molecule has 1 aliphatic rings. The number of sulfonamides is 1. The molecule has 3 aromatic rings. The summed E-state index contributed by atoms with van der Waals surface area (Å²) in [4.78, 5) is 50.1. The highest BCUT2D eigenvalue weighted by Crippen LogP contribution is 2.28. The van der Waals surface area contributed by atoms with E-state index < -0.39 is 57.2 Å². The molecule has 0 aliphatic carbocycles. The Kier molecular flexibility index (Phi) is 8.66. The van der Waals surface area contributed by atoms with E-state index in [1.165, 1.54) is 42.5 Å². The number of halogens is 2. The molecule has 0 aromatic heterocycles. The van der Waals surface area contributed by atoms with Crippen LogP contribution in [0.1, 0.15) is 28.4 Å². The Morgan fingerprint density at radius 1 is 1.07 bits per heavy atom. The zero-order chi connectivity index (χ0) is 29.9. The second kappa shape index (κ2) is 12.0. The van der Waals surface area contributed by atoms with Crippen molar-refractivity contribution in [3.05, 3.63) is 105 Å². The van der Waals surface area contributed by atoms with Gasteiger partial charge in [-0.05, 0) is 54.1 Å². The van der Waals surface area contributed by atoms with E-state index in [1.807, 2.05) is 0 Å². The molecule has 1 fully saturated rings. The first-order valence-corrected chi connectivity index (χ1v) is 13.8. The number of carbonyl (C=O) groups is 3. The number of nitro benzene ring substituents is 1. The molecule has 2 N–H and O–H groups in total. The van der Waals surface area contributed by atoms with Crippen molar-refractivity contribution in [3.63, 3.8) is 0 Å². The Labute approximate surface area is 238 Å². The number of aliphatic carboxylic acids is 1. The van der Waals surface area contributed by atoms with Crippen LogP contribution in [0.4, 0.5) is 10.1 Å². The van der Waals surface area contributed by atoms with Gasteiger partial charge in [-0.2, -0.15) is 4.31 Å². The summed E-state index contributed by atoms with van der Waals surface area (Å²) >= 11 is 5.91. The van der Waals surface area contributed by atoms with Gasteiger partial charge in [0.05, 0.1) is 22.3 Å². The molecule has 2 amide bonds. The van der Waals surface area contributed by atoms with Gasteiger partial charge in [0.2, 0.25) is 10.0 Å². The summed E-state index contributed by atoms with van der Waals surface area (Å²) in [5, 5.41) is 23.5. The molecule has 1 heterocycles. The zero-order valence-corrected chi connectivity index (χ0v) is 22.6. The van der Waals surface area contributed by atoms with Crippen molar-refractivity contribution in [2.24, 2.45) is 0 Å². The molecule has 3 aromatic carbocycles. The minimum absolute atomic E-state index is 0.0801. The third-order valence-electron chi connectivity index (χ3n) is 6.31. The fourth-order valence-corrected chi connectivity index (χ4v) is 6.04. The molecule has 0 bridgehead atoms. The van der Waals surface area contributed by atoms with Gasteiger partial charge in [-0.3, -0.25) is 24.5 Å². The van der Waals surface area contributed by atoms with Crippen LogP contribution in [0.3, 0.4) is 0 Å². The first-order chi connectivity index (χ1) is 19.4. The number of rotatable bonds is 9. The molecule has 2 atom stereocenters. The molecule has 0 spiro atoms. The number of carbonyl (C=O) groups excluding carboxylic acids is 2. The van der Waals surface area contributed by atoms with E-state index in [1.54, 1.807) is 0 Å². The maximum atomic E-state index is 13.8. The quantitative estimate of drug-likeness (QED) is 0.277. The van der Waals surface area contributed by atoms with Crippen LogP contribution in [0.25, 0.3) is 0 Å². The number of carboxylic acids is 1. The largest absolute Gasteiger partial charge is 0.481 e. The molecule has 12 nitrogen and oxygen atoms in total. The van der Waals surface area contributed by atoms with Crippen LogP contribution >= 0.6 is 11.6 Å². The normalized spacial score (nSPS) is 16.2. The lowest BCUT2D eigenvalue weighted by Crippen LogP contribution is -2.54. The maximum Gasteiger partial charge on any atom is 0.305 e. The first-order valence-electron chi connectivity index (χ1n) is 12.0. The molecule has 214 valence electrons. The van der Waals surface area contributed by atoms with Crippen LogP contribution in [0.2, 0.25) is 5.02 Å². The van der Waals surface area contributed by atoms with E-state index in [2.05, 4.69) is 5.32 Å². The summed E-state index contributed by atoms with van der Waals surface area (Å²) in [6.45, 7) is -0.516. The molecule has 1 saturated heterocycles. The van der Waals surface area contributed by atoms with E-state index in [0.717, 1.165) is 39.5 Å². The fourth-order valence-electron chi connectivity index (χ4n) is 4.37. The fraction of sp³-hybridized carbons (Fsp3) is 0.192. The monoisotopic (exact) mass is 604 g/mol. The standard InChI is InChI=1S/C26H22ClFN4O8S/c27-18-6-4-16(5-7-18)26(36)30-12-13-31(41(39,40)21-10-8-19(28)9-11-21)25(30)24(35)29-22(15-23(33)34)17-2-1-3-20(14-17)32(37)38/h1-11,14,22,25H,12-13,15H2,(H,29,35)(H,33,34). The van der Waals surface area contributed by atoms with Gasteiger partial charge >= 0.3 is 5.97 Å². The van der Waals surface area contributed by atoms with Gasteiger partial charge in [-0.1, -0.05) is 23.7 Å². The zero-order valence-electron chi connectivity index (χ0n) is 21.0.